The molecule has 0 bridgehead atoms. The molecule has 1 aromatic carbocycles. The van der Waals surface area contributed by atoms with Crippen LogP contribution < -0.4 is 15.4 Å². The zero-order chi connectivity index (χ0) is 13.9. The number of hydrogen-bond acceptors (Lipinski definition) is 3. The van der Waals surface area contributed by atoms with Crippen molar-refractivity contribution in [3.05, 3.63) is 23.8 Å². The van der Waals surface area contributed by atoms with Crippen molar-refractivity contribution in [3.8, 4) is 5.75 Å². The average Bonchev–Trinajstić information content (AvgIpc) is 3.26. The number of ether oxygens (including phenoxy) is 1. The lowest BCUT2D eigenvalue weighted by Gasteiger charge is -2.32. The lowest BCUT2D eigenvalue weighted by molar-refractivity contribution is 0.300. The van der Waals surface area contributed by atoms with Crippen LogP contribution in [0.1, 0.15) is 37.7 Å². The third kappa shape index (κ3) is 3.45. The monoisotopic (exact) mass is 274 g/mol. The van der Waals surface area contributed by atoms with Gasteiger partial charge < -0.3 is 15.4 Å². The van der Waals surface area contributed by atoms with Gasteiger partial charge in [-0.1, -0.05) is 12.8 Å². The SMILES string of the molecule is Cc1cc(N2CCC(N)CC2)ccc1OCCC1CC1. The van der Waals surface area contributed by atoms with Gasteiger partial charge in [-0.2, -0.15) is 0 Å². The van der Waals surface area contributed by atoms with Crippen LogP contribution >= 0.6 is 0 Å². The predicted molar refractivity (Wildman–Crippen MR) is 83.4 cm³/mol. The number of hydrogen-bond donors (Lipinski definition) is 1. The Morgan fingerprint density at radius 1 is 1.20 bits per heavy atom. The van der Waals surface area contributed by atoms with E-state index in [1.54, 1.807) is 0 Å². The van der Waals surface area contributed by atoms with Gasteiger partial charge in [0.2, 0.25) is 0 Å². The average molecular weight is 274 g/mol. The van der Waals surface area contributed by atoms with Gasteiger partial charge in [-0.25, -0.2) is 0 Å². The topological polar surface area (TPSA) is 38.5 Å². The molecule has 0 atom stereocenters. The molecule has 0 aromatic heterocycles. The van der Waals surface area contributed by atoms with Gasteiger partial charge in [0.1, 0.15) is 5.75 Å². The number of piperidine rings is 1. The molecule has 2 aliphatic rings. The molecule has 2 N–H and O–H groups in total. The Kier molecular flexibility index (Phi) is 4.16. The second kappa shape index (κ2) is 6.04. The molecule has 3 nitrogen and oxygen atoms in total. The van der Waals surface area contributed by atoms with Crippen LogP contribution in [0.2, 0.25) is 0 Å². The summed E-state index contributed by atoms with van der Waals surface area (Å²) in [6.07, 6.45) is 6.21. The van der Waals surface area contributed by atoms with E-state index in [9.17, 15) is 0 Å². The van der Waals surface area contributed by atoms with E-state index in [4.69, 9.17) is 10.5 Å². The van der Waals surface area contributed by atoms with Crippen molar-refractivity contribution in [1.29, 1.82) is 0 Å². The second-order valence-corrected chi connectivity index (χ2v) is 6.35. The van der Waals surface area contributed by atoms with Crippen LogP contribution in [0.5, 0.6) is 5.75 Å². The van der Waals surface area contributed by atoms with Gasteiger partial charge in [-0.3, -0.25) is 0 Å². The Morgan fingerprint density at radius 3 is 2.60 bits per heavy atom. The van der Waals surface area contributed by atoms with Crippen LogP contribution in [-0.4, -0.2) is 25.7 Å². The van der Waals surface area contributed by atoms with Gasteiger partial charge in [-0.05, 0) is 55.9 Å². The Morgan fingerprint density at radius 2 is 1.95 bits per heavy atom. The Balaban J connectivity index is 1.57. The summed E-state index contributed by atoms with van der Waals surface area (Å²) in [4.78, 5) is 2.43. The summed E-state index contributed by atoms with van der Waals surface area (Å²) in [5, 5.41) is 0. The summed E-state index contributed by atoms with van der Waals surface area (Å²) >= 11 is 0. The van der Waals surface area contributed by atoms with Crippen LogP contribution in [0.25, 0.3) is 0 Å². The van der Waals surface area contributed by atoms with Crippen molar-refractivity contribution in [2.45, 2.75) is 45.1 Å². The fourth-order valence-corrected chi connectivity index (χ4v) is 2.89. The molecular weight excluding hydrogens is 248 g/mol. The van der Waals surface area contributed by atoms with E-state index in [2.05, 4.69) is 30.0 Å². The molecule has 1 saturated heterocycles. The van der Waals surface area contributed by atoms with E-state index in [1.807, 2.05) is 0 Å². The molecule has 0 radical (unpaired) electrons. The molecule has 1 aliphatic carbocycles. The van der Waals surface area contributed by atoms with Crippen molar-refractivity contribution < 1.29 is 4.74 Å². The summed E-state index contributed by atoms with van der Waals surface area (Å²) in [5.41, 5.74) is 8.52. The molecule has 0 unspecified atom stereocenters. The molecule has 20 heavy (non-hydrogen) atoms. The minimum Gasteiger partial charge on any atom is -0.493 e. The van der Waals surface area contributed by atoms with E-state index >= 15 is 0 Å². The van der Waals surface area contributed by atoms with Gasteiger partial charge in [0.25, 0.3) is 0 Å². The van der Waals surface area contributed by atoms with Crippen LogP contribution in [0.4, 0.5) is 5.69 Å². The molecule has 1 saturated carbocycles. The molecule has 3 heteroatoms. The highest BCUT2D eigenvalue weighted by atomic mass is 16.5. The highest BCUT2D eigenvalue weighted by molar-refractivity contribution is 5.53. The Labute approximate surface area is 122 Å². The molecule has 0 amide bonds. The summed E-state index contributed by atoms with van der Waals surface area (Å²) in [6.45, 7) is 5.15. The molecule has 0 spiro atoms. The van der Waals surface area contributed by atoms with Crippen molar-refractivity contribution >= 4 is 5.69 Å². The number of rotatable bonds is 5. The standard InChI is InChI=1S/C17H26N2O/c1-13-12-16(19-9-6-15(18)7-10-19)4-5-17(13)20-11-8-14-2-3-14/h4-5,12,14-15H,2-3,6-11,18H2,1H3. The van der Waals surface area contributed by atoms with Crippen molar-refractivity contribution in [2.75, 3.05) is 24.6 Å². The fraction of sp³-hybridized carbons (Fsp3) is 0.647. The summed E-state index contributed by atoms with van der Waals surface area (Å²) in [5.74, 6) is 1.98. The van der Waals surface area contributed by atoms with Gasteiger partial charge >= 0.3 is 0 Å². The lowest BCUT2D eigenvalue weighted by Crippen LogP contribution is -2.39. The lowest BCUT2D eigenvalue weighted by atomic mass is 10.0. The quantitative estimate of drug-likeness (QED) is 0.896. The number of nitrogens with zero attached hydrogens (tertiary/aromatic N) is 1. The Bertz CT molecular complexity index is 448. The zero-order valence-electron chi connectivity index (χ0n) is 12.5. The minimum absolute atomic E-state index is 0.386. The molecule has 1 aromatic rings. The second-order valence-electron chi connectivity index (χ2n) is 6.35. The number of benzene rings is 1. The summed E-state index contributed by atoms with van der Waals surface area (Å²) in [6, 6.07) is 6.96. The molecule has 110 valence electrons. The smallest absolute Gasteiger partial charge is 0.122 e. The molecular formula is C17H26N2O. The van der Waals surface area contributed by atoms with Gasteiger partial charge in [0.05, 0.1) is 6.61 Å². The van der Waals surface area contributed by atoms with Gasteiger partial charge in [0.15, 0.2) is 0 Å². The third-order valence-corrected chi connectivity index (χ3v) is 4.54. The van der Waals surface area contributed by atoms with Crippen molar-refractivity contribution in [1.82, 2.24) is 0 Å². The first-order valence-electron chi connectivity index (χ1n) is 7.96. The van der Waals surface area contributed by atoms with E-state index in [0.29, 0.717) is 6.04 Å². The van der Waals surface area contributed by atoms with Crippen LogP contribution in [-0.2, 0) is 0 Å². The van der Waals surface area contributed by atoms with Crippen LogP contribution in [0.3, 0.4) is 0 Å². The van der Waals surface area contributed by atoms with E-state index in [1.165, 1.54) is 30.5 Å². The first-order valence-corrected chi connectivity index (χ1v) is 7.96. The predicted octanol–water partition coefficient (Wildman–Crippen LogP) is 3.10. The van der Waals surface area contributed by atoms with Crippen LogP contribution in [0, 0.1) is 12.8 Å². The number of nitrogens with two attached hydrogens (primary N) is 1. The number of aryl methyl sites for hydroxylation is 1. The highest BCUT2D eigenvalue weighted by Gasteiger charge is 2.21. The van der Waals surface area contributed by atoms with Crippen molar-refractivity contribution in [2.24, 2.45) is 11.7 Å². The molecule has 3 rings (SSSR count). The first-order chi connectivity index (χ1) is 9.72. The molecule has 1 aliphatic heterocycles. The van der Waals surface area contributed by atoms with Gasteiger partial charge in [-0.15, -0.1) is 0 Å². The maximum atomic E-state index is 5.97. The maximum Gasteiger partial charge on any atom is 0.122 e. The first kappa shape index (κ1) is 13.7. The van der Waals surface area contributed by atoms with Gasteiger partial charge in [0, 0.05) is 24.8 Å². The van der Waals surface area contributed by atoms with E-state index < -0.39 is 0 Å². The fourth-order valence-electron chi connectivity index (χ4n) is 2.89. The van der Waals surface area contributed by atoms with Crippen LogP contribution in [0.15, 0.2) is 18.2 Å². The Hall–Kier alpha value is -1.22. The molecule has 1 heterocycles. The largest absolute Gasteiger partial charge is 0.493 e. The highest BCUT2D eigenvalue weighted by Crippen LogP contribution is 2.33. The maximum absolute atomic E-state index is 5.97. The molecule has 2 fully saturated rings. The van der Waals surface area contributed by atoms with Crippen molar-refractivity contribution in [3.63, 3.8) is 0 Å². The van der Waals surface area contributed by atoms with E-state index in [-0.39, 0.29) is 0 Å². The minimum atomic E-state index is 0.386. The normalized spacial score (nSPS) is 20.2. The summed E-state index contributed by atoms with van der Waals surface area (Å²) in [7, 11) is 0. The zero-order valence-corrected chi connectivity index (χ0v) is 12.5. The van der Waals surface area contributed by atoms with E-state index in [0.717, 1.165) is 44.2 Å². The third-order valence-electron chi connectivity index (χ3n) is 4.54. The summed E-state index contributed by atoms with van der Waals surface area (Å²) < 4.78 is 5.91. The number of anilines is 1.